The molecule has 1 aliphatic carbocycles. The molecule has 0 bridgehead atoms. The summed E-state index contributed by atoms with van der Waals surface area (Å²) in [5, 5.41) is 3.07. The molecule has 0 spiro atoms. The number of guanidine groups is 1. The Labute approximate surface area is 95.6 Å². The molecule has 92 valence electrons. The van der Waals surface area contributed by atoms with Crippen LogP contribution in [0.4, 0.5) is 0 Å². The van der Waals surface area contributed by atoms with E-state index in [0.717, 1.165) is 19.3 Å². The van der Waals surface area contributed by atoms with Crippen molar-refractivity contribution in [2.45, 2.75) is 37.8 Å². The van der Waals surface area contributed by atoms with Crippen molar-refractivity contribution in [2.75, 3.05) is 11.5 Å². The molecular weight excluding hydrogens is 228 g/mol. The number of nitrogens with zero attached hydrogens (tertiary/aromatic N) is 1. The van der Waals surface area contributed by atoms with E-state index < -0.39 is 9.84 Å². The van der Waals surface area contributed by atoms with E-state index in [4.69, 9.17) is 5.84 Å². The molecule has 1 saturated carbocycles. The smallest absolute Gasteiger partial charge is 0.206 e. The van der Waals surface area contributed by atoms with E-state index in [0.29, 0.717) is 24.2 Å². The molecule has 16 heavy (non-hydrogen) atoms. The van der Waals surface area contributed by atoms with Crippen LogP contribution in [-0.4, -0.2) is 38.0 Å². The van der Waals surface area contributed by atoms with E-state index in [-0.39, 0.29) is 11.8 Å². The topological polar surface area (TPSA) is 96.6 Å². The van der Waals surface area contributed by atoms with Crippen molar-refractivity contribution < 1.29 is 8.42 Å². The molecule has 1 aliphatic heterocycles. The van der Waals surface area contributed by atoms with Crippen molar-refractivity contribution >= 4 is 15.8 Å². The number of nitrogens with two attached hydrogens (primary N) is 1. The van der Waals surface area contributed by atoms with E-state index in [9.17, 15) is 8.42 Å². The number of hydrogen-bond acceptors (Lipinski definition) is 4. The fourth-order valence-corrected chi connectivity index (χ4v) is 3.47. The number of sulfone groups is 1. The molecule has 6 nitrogen and oxygen atoms in total. The minimum atomic E-state index is -2.88. The van der Waals surface area contributed by atoms with Crippen molar-refractivity contribution in [3.8, 4) is 0 Å². The van der Waals surface area contributed by atoms with Gasteiger partial charge in [0.1, 0.15) is 0 Å². The lowest BCUT2D eigenvalue weighted by molar-refractivity contribution is 0.527. The fraction of sp³-hybridized carbons (Fsp3) is 0.889. The second-order valence-corrected chi connectivity index (χ2v) is 6.68. The summed E-state index contributed by atoms with van der Waals surface area (Å²) >= 11 is 0. The van der Waals surface area contributed by atoms with Gasteiger partial charge in [0.25, 0.3) is 0 Å². The van der Waals surface area contributed by atoms with Gasteiger partial charge in [-0.3, -0.25) is 5.43 Å². The predicted octanol–water partition coefficient (Wildman–Crippen LogP) is -0.865. The van der Waals surface area contributed by atoms with Crippen molar-refractivity contribution in [3.05, 3.63) is 0 Å². The van der Waals surface area contributed by atoms with E-state index in [1.165, 1.54) is 0 Å². The normalized spacial score (nSPS) is 29.8. The second-order valence-electron chi connectivity index (χ2n) is 4.45. The number of rotatable bonds is 2. The Morgan fingerprint density at radius 1 is 1.31 bits per heavy atom. The zero-order valence-corrected chi connectivity index (χ0v) is 9.96. The van der Waals surface area contributed by atoms with Gasteiger partial charge in [-0.25, -0.2) is 19.3 Å². The molecule has 0 amide bonds. The monoisotopic (exact) mass is 246 g/mol. The standard InChI is InChI=1S/C9H18N4O2S/c10-13-9(11-7-3-4-7)12-8-2-1-5-16(14,15)6-8/h7-8H,1-6,10H2,(H2,11,12,13). The lowest BCUT2D eigenvalue weighted by atomic mass is 10.2. The van der Waals surface area contributed by atoms with Gasteiger partial charge < -0.3 is 5.32 Å². The summed E-state index contributed by atoms with van der Waals surface area (Å²) in [5.74, 6) is 6.34. The quantitative estimate of drug-likeness (QED) is 0.255. The predicted molar refractivity (Wildman–Crippen MR) is 62.6 cm³/mol. The third-order valence-electron chi connectivity index (χ3n) is 2.80. The average molecular weight is 246 g/mol. The zero-order valence-electron chi connectivity index (χ0n) is 9.15. The molecule has 1 atom stereocenters. The molecule has 0 aromatic carbocycles. The number of hydrogen-bond donors (Lipinski definition) is 3. The van der Waals surface area contributed by atoms with Crippen LogP contribution in [0.25, 0.3) is 0 Å². The second kappa shape index (κ2) is 4.58. The molecule has 2 fully saturated rings. The van der Waals surface area contributed by atoms with Gasteiger partial charge in [-0.05, 0) is 25.7 Å². The Kier molecular flexibility index (Phi) is 3.34. The van der Waals surface area contributed by atoms with Gasteiger partial charge in [0.2, 0.25) is 5.96 Å². The fourth-order valence-electron chi connectivity index (χ4n) is 1.83. The molecule has 0 aromatic rings. The Morgan fingerprint density at radius 3 is 2.62 bits per heavy atom. The largest absolute Gasteiger partial charge is 0.352 e. The van der Waals surface area contributed by atoms with Crippen molar-refractivity contribution in [2.24, 2.45) is 10.8 Å². The zero-order chi connectivity index (χ0) is 11.6. The molecular formula is C9H18N4O2S. The third kappa shape index (κ3) is 3.34. The van der Waals surface area contributed by atoms with Crippen LogP contribution in [0.15, 0.2) is 4.99 Å². The van der Waals surface area contributed by atoms with Crippen LogP contribution in [0.3, 0.4) is 0 Å². The van der Waals surface area contributed by atoms with Crippen molar-refractivity contribution in [1.82, 2.24) is 10.7 Å². The van der Waals surface area contributed by atoms with Crippen LogP contribution in [0.2, 0.25) is 0 Å². The van der Waals surface area contributed by atoms with Crippen LogP contribution in [0, 0.1) is 0 Å². The van der Waals surface area contributed by atoms with Gasteiger partial charge in [-0.1, -0.05) is 0 Å². The first-order chi connectivity index (χ1) is 7.59. The van der Waals surface area contributed by atoms with Gasteiger partial charge in [-0.15, -0.1) is 0 Å². The summed E-state index contributed by atoms with van der Waals surface area (Å²) in [6.45, 7) is 0. The number of hydrazine groups is 1. The summed E-state index contributed by atoms with van der Waals surface area (Å²) in [6.07, 6.45) is 3.75. The van der Waals surface area contributed by atoms with Crippen LogP contribution in [-0.2, 0) is 9.84 Å². The maximum Gasteiger partial charge on any atom is 0.206 e. The van der Waals surface area contributed by atoms with Crippen LogP contribution < -0.4 is 16.6 Å². The first kappa shape index (κ1) is 11.7. The Bertz CT molecular complexity index is 375. The average Bonchev–Trinajstić information content (AvgIpc) is 2.99. The molecule has 7 heteroatoms. The van der Waals surface area contributed by atoms with Crippen LogP contribution in [0.5, 0.6) is 0 Å². The van der Waals surface area contributed by atoms with E-state index in [2.05, 4.69) is 15.7 Å². The lowest BCUT2D eigenvalue weighted by Crippen LogP contribution is -2.50. The van der Waals surface area contributed by atoms with Crippen LogP contribution in [0.1, 0.15) is 25.7 Å². The van der Waals surface area contributed by atoms with Gasteiger partial charge in [-0.2, -0.15) is 0 Å². The van der Waals surface area contributed by atoms with Crippen molar-refractivity contribution in [1.29, 1.82) is 0 Å². The highest BCUT2D eigenvalue weighted by molar-refractivity contribution is 7.91. The highest BCUT2D eigenvalue weighted by Gasteiger charge is 2.26. The molecule has 1 saturated heterocycles. The van der Waals surface area contributed by atoms with Gasteiger partial charge >= 0.3 is 0 Å². The highest BCUT2D eigenvalue weighted by atomic mass is 32.2. The third-order valence-corrected chi connectivity index (χ3v) is 4.62. The summed E-state index contributed by atoms with van der Waals surface area (Å²) in [6, 6.07) is 0.297. The first-order valence-corrected chi connectivity index (χ1v) is 7.42. The molecule has 1 unspecified atom stereocenters. The minimum Gasteiger partial charge on any atom is -0.352 e. The van der Waals surface area contributed by atoms with Gasteiger partial charge in [0.05, 0.1) is 17.5 Å². The maximum absolute atomic E-state index is 11.4. The summed E-state index contributed by atoms with van der Waals surface area (Å²) in [7, 11) is -2.88. The van der Waals surface area contributed by atoms with E-state index in [1.807, 2.05) is 0 Å². The molecule has 4 N–H and O–H groups in total. The van der Waals surface area contributed by atoms with Gasteiger partial charge in [0.15, 0.2) is 9.84 Å². The minimum absolute atomic E-state index is 0.0627. The van der Waals surface area contributed by atoms with Crippen LogP contribution >= 0.6 is 0 Å². The SMILES string of the molecule is NNC(=NC1CC1)NC1CCCS(=O)(=O)C1. The van der Waals surface area contributed by atoms with Gasteiger partial charge in [0, 0.05) is 6.04 Å². The number of nitrogens with one attached hydrogen (secondary N) is 2. The van der Waals surface area contributed by atoms with E-state index in [1.54, 1.807) is 0 Å². The lowest BCUT2D eigenvalue weighted by Gasteiger charge is -2.24. The molecule has 2 aliphatic rings. The molecule has 0 radical (unpaired) electrons. The van der Waals surface area contributed by atoms with E-state index >= 15 is 0 Å². The first-order valence-electron chi connectivity index (χ1n) is 5.60. The Balaban J connectivity index is 1.92. The molecule has 2 rings (SSSR count). The number of aliphatic imine (C=N–C) groups is 1. The van der Waals surface area contributed by atoms with Crippen molar-refractivity contribution in [3.63, 3.8) is 0 Å². The summed E-state index contributed by atoms with van der Waals surface area (Å²) in [5.41, 5.74) is 2.49. The molecule has 0 aromatic heterocycles. The summed E-state index contributed by atoms with van der Waals surface area (Å²) in [4.78, 5) is 4.32. The summed E-state index contributed by atoms with van der Waals surface area (Å²) < 4.78 is 22.9. The molecule has 1 heterocycles. The maximum atomic E-state index is 11.4. The Morgan fingerprint density at radius 2 is 2.06 bits per heavy atom. The highest BCUT2D eigenvalue weighted by Crippen LogP contribution is 2.23. The Hall–Kier alpha value is -0.820.